The van der Waals surface area contributed by atoms with Crippen LogP contribution in [-0.4, -0.2) is 34.5 Å². The molecule has 1 aromatic carbocycles. The van der Waals surface area contributed by atoms with Crippen LogP contribution in [-0.2, 0) is 14.8 Å². The average molecular weight is 337 g/mol. The Balaban J connectivity index is 2.14. The van der Waals surface area contributed by atoms with Crippen molar-refractivity contribution in [3.8, 4) is 5.69 Å². The first-order valence-corrected chi connectivity index (χ1v) is 8.79. The number of tetrazole rings is 1. The van der Waals surface area contributed by atoms with Gasteiger partial charge in [0.05, 0.1) is 10.6 Å². The molecule has 1 heterocycles. The number of carbonyl (C=O) groups is 1. The molecule has 0 saturated heterocycles. The molecule has 23 heavy (non-hydrogen) atoms. The van der Waals surface area contributed by atoms with E-state index in [9.17, 15) is 13.2 Å². The summed E-state index contributed by atoms with van der Waals surface area (Å²) in [6.45, 7) is 3.95. The number of hydrogen-bond acceptors (Lipinski definition) is 6. The minimum absolute atomic E-state index is 0.0120. The normalized spacial score (nSPS) is 12.8. The number of sulfonamides is 1. The monoisotopic (exact) mass is 337 g/mol. The fourth-order valence-electron chi connectivity index (χ4n) is 2.23. The molecule has 124 valence electrons. The van der Waals surface area contributed by atoms with Crippen molar-refractivity contribution in [2.24, 2.45) is 5.92 Å². The molecule has 2 rings (SSSR count). The maximum atomic E-state index is 12.3. The van der Waals surface area contributed by atoms with Gasteiger partial charge in [0.1, 0.15) is 6.33 Å². The van der Waals surface area contributed by atoms with Gasteiger partial charge in [0.25, 0.3) is 10.0 Å². The number of aromatic nitrogens is 4. The highest BCUT2D eigenvalue weighted by Crippen LogP contribution is 2.15. The first-order valence-electron chi connectivity index (χ1n) is 7.31. The molecule has 0 aliphatic rings. The number of nitrogens with one attached hydrogen (secondary N) is 1. The van der Waals surface area contributed by atoms with Gasteiger partial charge in [0, 0.05) is 6.42 Å². The molecular weight excluding hydrogens is 318 g/mol. The van der Waals surface area contributed by atoms with Gasteiger partial charge in [-0.05, 0) is 34.5 Å². The Morgan fingerprint density at radius 3 is 2.83 bits per heavy atom. The lowest BCUT2D eigenvalue weighted by Gasteiger charge is -2.11. The largest absolute Gasteiger partial charge is 0.274 e. The number of hydrogen-bond donors (Lipinski definition) is 1. The fraction of sp³-hybridized carbons (Fsp3) is 0.429. The van der Waals surface area contributed by atoms with Gasteiger partial charge < -0.3 is 0 Å². The lowest BCUT2D eigenvalue weighted by molar-refractivity contribution is -0.120. The first kappa shape index (κ1) is 17.1. The first-order chi connectivity index (χ1) is 10.9. The molecule has 1 amide bonds. The molecule has 1 N–H and O–H groups in total. The Hall–Kier alpha value is -2.29. The summed E-state index contributed by atoms with van der Waals surface area (Å²) in [5.74, 6) is -0.360. The molecule has 0 fully saturated rings. The molecule has 0 bridgehead atoms. The van der Waals surface area contributed by atoms with E-state index in [1.54, 1.807) is 12.1 Å². The van der Waals surface area contributed by atoms with Crippen molar-refractivity contribution < 1.29 is 13.2 Å². The molecule has 8 nitrogen and oxygen atoms in total. The van der Waals surface area contributed by atoms with Gasteiger partial charge in [-0.15, -0.1) is 5.10 Å². The van der Waals surface area contributed by atoms with Crippen LogP contribution >= 0.6 is 0 Å². The second kappa shape index (κ2) is 7.32. The summed E-state index contributed by atoms with van der Waals surface area (Å²) in [6, 6.07) is 6.05. The molecule has 0 unspecified atom stereocenters. The van der Waals surface area contributed by atoms with Crippen molar-refractivity contribution in [1.82, 2.24) is 24.9 Å². The van der Waals surface area contributed by atoms with Crippen molar-refractivity contribution in [3.05, 3.63) is 30.6 Å². The van der Waals surface area contributed by atoms with E-state index in [4.69, 9.17) is 0 Å². The summed E-state index contributed by atoms with van der Waals surface area (Å²) in [7, 11) is -3.92. The topological polar surface area (TPSA) is 107 Å². The lowest BCUT2D eigenvalue weighted by Crippen LogP contribution is -2.31. The SMILES string of the molecule is CCC[C@H](C)CC(=O)NS(=O)(=O)c1cccc(-n2cnnn2)c1. The highest BCUT2D eigenvalue weighted by Gasteiger charge is 2.19. The Labute approximate surface area is 134 Å². The molecule has 2 aromatic rings. The lowest BCUT2D eigenvalue weighted by atomic mass is 10.0. The van der Waals surface area contributed by atoms with Gasteiger partial charge in [0.15, 0.2) is 0 Å². The number of nitrogens with zero attached hydrogens (tertiary/aromatic N) is 4. The van der Waals surface area contributed by atoms with Gasteiger partial charge in [-0.2, -0.15) is 0 Å². The van der Waals surface area contributed by atoms with E-state index >= 15 is 0 Å². The number of amides is 1. The van der Waals surface area contributed by atoms with Crippen LogP contribution in [0.1, 0.15) is 33.1 Å². The smallest absolute Gasteiger partial charge is 0.264 e. The molecule has 0 saturated carbocycles. The third-order valence-electron chi connectivity index (χ3n) is 3.31. The fourth-order valence-corrected chi connectivity index (χ4v) is 3.27. The predicted molar refractivity (Wildman–Crippen MR) is 83.2 cm³/mol. The second-order valence-electron chi connectivity index (χ2n) is 5.38. The zero-order valence-electron chi connectivity index (χ0n) is 13.0. The Morgan fingerprint density at radius 2 is 2.17 bits per heavy atom. The number of carbonyl (C=O) groups excluding carboxylic acids is 1. The van der Waals surface area contributed by atoms with Crippen molar-refractivity contribution >= 4 is 15.9 Å². The van der Waals surface area contributed by atoms with Crippen molar-refractivity contribution in [2.45, 2.75) is 38.0 Å². The zero-order valence-corrected chi connectivity index (χ0v) is 13.8. The van der Waals surface area contributed by atoms with Crippen LogP contribution in [0, 0.1) is 5.92 Å². The summed E-state index contributed by atoms with van der Waals surface area (Å²) < 4.78 is 28.1. The van der Waals surface area contributed by atoms with Gasteiger partial charge in [-0.25, -0.2) is 17.8 Å². The highest BCUT2D eigenvalue weighted by atomic mass is 32.2. The Morgan fingerprint density at radius 1 is 1.39 bits per heavy atom. The van der Waals surface area contributed by atoms with Gasteiger partial charge in [0.2, 0.25) is 5.91 Å². The molecule has 1 atom stereocenters. The highest BCUT2D eigenvalue weighted by molar-refractivity contribution is 7.90. The number of benzene rings is 1. The molecule has 9 heteroatoms. The van der Waals surface area contributed by atoms with Crippen LogP contribution in [0.3, 0.4) is 0 Å². The maximum Gasteiger partial charge on any atom is 0.264 e. The molecule has 0 radical (unpaired) electrons. The van der Waals surface area contributed by atoms with Crippen molar-refractivity contribution in [3.63, 3.8) is 0 Å². The third kappa shape index (κ3) is 4.59. The van der Waals surface area contributed by atoms with E-state index in [-0.39, 0.29) is 17.2 Å². The summed E-state index contributed by atoms with van der Waals surface area (Å²) in [5.41, 5.74) is 0.490. The molecule has 0 aliphatic heterocycles. The third-order valence-corrected chi connectivity index (χ3v) is 4.68. The van der Waals surface area contributed by atoms with E-state index in [1.807, 2.05) is 13.8 Å². The van der Waals surface area contributed by atoms with Gasteiger partial charge >= 0.3 is 0 Å². The predicted octanol–water partition coefficient (Wildman–Crippen LogP) is 1.29. The van der Waals surface area contributed by atoms with Crippen LogP contribution in [0.2, 0.25) is 0 Å². The minimum atomic E-state index is -3.92. The second-order valence-corrected chi connectivity index (χ2v) is 7.06. The Kier molecular flexibility index (Phi) is 5.43. The minimum Gasteiger partial charge on any atom is -0.274 e. The van der Waals surface area contributed by atoms with Crippen LogP contribution in [0.25, 0.3) is 5.69 Å². The molecular formula is C14H19N5O3S. The average Bonchev–Trinajstić information content (AvgIpc) is 3.01. The van der Waals surface area contributed by atoms with Crippen LogP contribution in [0.5, 0.6) is 0 Å². The van der Waals surface area contributed by atoms with E-state index in [0.717, 1.165) is 12.8 Å². The van der Waals surface area contributed by atoms with Crippen LogP contribution < -0.4 is 4.72 Å². The van der Waals surface area contributed by atoms with Crippen LogP contribution in [0.4, 0.5) is 0 Å². The maximum absolute atomic E-state index is 12.3. The zero-order chi connectivity index (χ0) is 16.9. The van der Waals surface area contributed by atoms with Crippen molar-refractivity contribution in [2.75, 3.05) is 0 Å². The van der Waals surface area contributed by atoms with E-state index < -0.39 is 15.9 Å². The molecule has 0 aliphatic carbocycles. The quantitative estimate of drug-likeness (QED) is 0.816. The standard InChI is InChI=1S/C14H19N5O3S/c1-3-5-11(2)8-14(20)16-23(21,22)13-7-4-6-12(9-13)19-10-15-17-18-19/h4,6-7,9-11H,3,5,8H2,1-2H3,(H,16,20)/t11-/m0/s1. The van der Waals surface area contributed by atoms with E-state index in [2.05, 4.69) is 20.2 Å². The summed E-state index contributed by atoms with van der Waals surface area (Å²) in [5, 5.41) is 10.7. The van der Waals surface area contributed by atoms with Gasteiger partial charge in [-0.3, -0.25) is 4.79 Å². The van der Waals surface area contributed by atoms with Crippen LogP contribution in [0.15, 0.2) is 35.5 Å². The Bertz CT molecular complexity index is 758. The van der Waals surface area contributed by atoms with Crippen molar-refractivity contribution in [1.29, 1.82) is 0 Å². The molecule has 0 spiro atoms. The summed E-state index contributed by atoms with van der Waals surface area (Å²) in [4.78, 5) is 11.9. The number of rotatable bonds is 7. The summed E-state index contributed by atoms with van der Waals surface area (Å²) >= 11 is 0. The van der Waals surface area contributed by atoms with Gasteiger partial charge in [-0.1, -0.05) is 32.8 Å². The van der Waals surface area contributed by atoms with E-state index in [1.165, 1.54) is 23.1 Å². The molecule has 1 aromatic heterocycles. The van der Waals surface area contributed by atoms with E-state index in [0.29, 0.717) is 5.69 Å². The summed E-state index contributed by atoms with van der Waals surface area (Å²) in [6.07, 6.45) is 3.37.